The Labute approximate surface area is 145 Å². The van der Waals surface area contributed by atoms with Gasteiger partial charge in [-0.25, -0.2) is 4.98 Å². The number of H-pyrrole nitrogens is 1. The number of carbonyl (C=O) groups is 1. The summed E-state index contributed by atoms with van der Waals surface area (Å²) in [5.41, 5.74) is 0.991. The molecule has 0 spiro atoms. The van der Waals surface area contributed by atoms with E-state index in [-0.39, 0.29) is 28.5 Å². The number of hydrogen-bond donors (Lipinski definition) is 2. The second-order valence-electron chi connectivity index (χ2n) is 7.00. The highest BCUT2D eigenvalue weighted by Crippen LogP contribution is 2.37. The summed E-state index contributed by atoms with van der Waals surface area (Å²) in [6.07, 6.45) is 0. The summed E-state index contributed by atoms with van der Waals surface area (Å²) in [6.45, 7) is 7.61. The Morgan fingerprint density at radius 3 is 2.71 bits per heavy atom. The summed E-state index contributed by atoms with van der Waals surface area (Å²) in [5.74, 6) is 0.988. The Kier molecular flexibility index (Phi) is 4.25. The van der Waals surface area contributed by atoms with Gasteiger partial charge in [-0.2, -0.15) is 0 Å². The number of aryl methyl sites for hydroxylation is 1. The number of aromatic amines is 1. The fraction of sp³-hybridized carbons (Fsp3) is 0.389. The van der Waals surface area contributed by atoms with E-state index in [0.717, 1.165) is 11.3 Å². The molecule has 6 heteroatoms. The molecule has 0 fully saturated rings. The van der Waals surface area contributed by atoms with Crippen LogP contribution in [0.5, 0.6) is 0 Å². The first-order valence-corrected chi connectivity index (χ1v) is 8.90. The number of thioether (sulfide) groups is 1. The molecular weight excluding hydrogens is 322 g/mol. The van der Waals surface area contributed by atoms with E-state index in [9.17, 15) is 9.59 Å². The molecule has 2 N–H and O–H groups in total. The van der Waals surface area contributed by atoms with Gasteiger partial charge in [0, 0.05) is 16.1 Å². The summed E-state index contributed by atoms with van der Waals surface area (Å²) >= 11 is 1.71. The lowest BCUT2D eigenvalue weighted by Crippen LogP contribution is -2.35. The van der Waals surface area contributed by atoms with Crippen molar-refractivity contribution in [2.75, 3.05) is 5.75 Å². The standard InChI is InChI=1S/C18H21N3O2S/c1-10-14(16(23)21-17(19-10)18(2,3)4)15(22)20-12-9-24-13-8-6-5-7-11(12)13/h5-8,12H,9H2,1-4H3,(H,20,22)(H,19,21,23)/t12-/m1/s1. The Hall–Kier alpha value is -2.08. The maximum absolute atomic E-state index is 12.6. The predicted molar refractivity (Wildman–Crippen MR) is 95.7 cm³/mol. The van der Waals surface area contributed by atoms with Crippen molar-refractivity contribution < 1.29 is 4.79 Å². The monoisotopic (exact) mass is 343 g/mol. The van der Waals surface area contributed by atoms with Crippen LogP contribution < -0.4 is 10.9 Å². The van der Waals surface area contributed by atoms with Crippen LogP contribution in [-0.2, 0) is 5.41 Å². The quantitative estimate of drug-likeness (QED) is 0.879. The molecule has 0 saturated heterocycles. The minimum Gasteiger partial charge on any atom is -0.344 e. The van der Waals surface area contributed by atoms with Crippen molar-refractivity contribution in [2.24, 2.45) is 0 Å². The predicted octanol–water partition coefficient (Wildman–Crippen LogP) is 2.95. The molecular formula is C18H21N3O2S. The first-order valence-electron chi connectivity index (χ1n) is 7.91. The van der Waals surface area contributed by atoms with E-state index in [0.29, 0.717) is 11.5 Å². The normalized spacial score (nSPS) is 16.8. The molecule has 0 aliphatic carbocycles. The zero-order valence-electron chi connectivity index (χ0n) is 14.3. The summed E-state index contributed by atoms with van der Waals surface area (Å²) in [6, 6.07) is 7.92. The highest BCUT2D eigenvalue weighted by atomic mass is 32.2. The number of nitrogens with one attached hydrogen (secondary N) is 2. The molecule has 5 nitrogen and oxygen atoms in total. The van der Waals surface area contributed by atoms with Crippen molar-refractivity contribution in [1.29, 1.82) is 0 Å². The maximum atomic E-state index is 12.6. The SMILES string of the molecule is Cc1nc(C(C)(C)C)[nH]c(=O)c1C(=O)N[C@@H]1CSc2ccccc21. The Morgan fingerprint density at radius 1 is 1.33 bits per heavy atom. The van der Waals surface area contributed by atoms with Gasteiger partial charge in [-0.3, -0.25) is 9.59 Å². The first-order chi connectivity index (χ1) is 11.3. The van der Waals surface area contributed by atoms with Gasteiger partial charge < -0.3 is 10.3 Å². The van der Waals surface area contributed by atoms with Crippen LogP contribution in [0.15, 0.2) is 34.0 Å². The van der Waals surface area contributed by atoms with Gasteiger partial charge in [0.15, 0.2) is 0 Å². The fourth-order valence-electron chi connectivity index (χ4n) is 2.72. The number of benzene rings is 1. The van der Waals surface area contributed by atoms with Gasteiger partial charge in [-0.1, -0.05) is 39.0 Å². The molecule has 1 atom stereocenters. The number of fused-ring (bicyclic) bond motifs is 1. The van der Waals surface area contributed by atoms with Crippen LogP contribution in [0.2, 0.25) is 0 Å². The maximum Gasteiger partial charge on any atom is 0.264 e. The van der Waals surface area contributed by atoms with Crippen molar-refractivity contribution in [2.45, 2.75) is 44.0 Å². The Morgan fingerprint density at radius 2 is 2.04 bits per heavy atom. The number of nitrogens with zero attached hydrogens (tertiary/aromatic N) is 1. The fourth-order valence-corrected chi connectivity index (χ4v) is 3.88. The lowest BCUT2D eigenvalue weighted by Gasteiger charge is -2.19. The largest absolute Gasteiger partial charge is 0.344 e. The van der Waals surface area contributed by atoms with Crippen LogP contribution >= 0.6 is 11.8 Å². The summed E-state index contributed by atoms with van der Waals surface area (Å²) < 4.78 is 0. The molecule has 2 aromatic rings. The number of amides is 1. The topological polar surface area (TPSA) is 74.8 Å². The lowest BCUT2D eigenvalue weighted by molar-refractivity contribution is 0.0938. The van der Waals surface area contributed by atoms with Gasteiger partial charge >= 0.3 is 0 Å². The molecule has 0 bridgehead atoms. The van der Waals surface area contributed by atoms with Crippen molar-refractivity contribution in [1.82, 2.24) is 15.3 Å². The minimum atomic E-state index is -0.385. The van der Waals surface area contributed by atoms with Gasteiger partial charge in [-0.05, 0) is 18.6 Å². The molecule has 1 aromatic carbocycles. The van der Waals surface area contributed by atoms with Crippen LogP contribution in [0.25, 0.3) is 0 Å². The van der Waals surface area contributed by atoms with Gasteiger partial charge in [0.1, 0.15) is 11.4 Å². The van der Waals surface area contributed by atoms with Gasteiger partial charge in [0.2, 0.25) is 0 Å². The van der Waals surface area contributed by atoms with E-state index in [1.807, 2.05) is 45.0 Å². The van der Waals surface area contributed by atoms with Crippen molar-refractivity contribution in [3.63, 3.8) is 0 Å². The van der Waals surface area contributed by atoms with Crippen LogP contribution in [0.4, 0.5) is 0 Å². The van der Waals surface area contributed by atoms with Crippen LogP contribution in [-0.4, -0.2) is 21.6 Å². The van der Waals surface area contributed by atoms with E-state index in [2.05, 4.69) is 15.3 Å². The average molecular weight is 343 g/mol. The molecule has 1 aliphatic rings. The number of hydrogen-bond acceptors (Lipinski definition) is 4. The zero-order chi connectivity index (χ0) is 17.5. The molecule has 0 radical (unpaired) electrons. The summed E-state index contributed by atoms with van der Waals surface area (Å²) in [4.78, 5) is 33.4. The molecule has 126 valence electrons. The van der Waals surface area contributed by atoms with Crippen LogP contribution in [0, 0.1) is 6.92 Å². The van der Waals surface area contributed by atoms with E-state index in [1.165, 1.54) is 4.90 Å². The van der Waals surface area contributed by atoms with E-state index in [4.69, 9.17) is 0 Å². The number of aromatic nitrogens is 2. The second kappa shape index (κ2) is 6.09. The average Bonchev–Trinajstić information content (AvgIpc) is 2.89. The van der Waals surface area contributed by atoms with Crippen molar-refractivity contribution >= 4 is 17.7 Å². The summed E-state index contributed by atoms with van der Waals surface area (Å²) in [5, 5.41) is 2.97. The molecule has 24 heavy (non-hydrogen) atoms. The van der Waals surface area contributed by atoms with E-state index < -0.39 is 0 Å². The minimum absolute atomic E-state index is 0.0835. The highest BCUT2D eigenvalue weighted by Gasteiger charge is 2.27. The zero-order valence-corrected chi connectivity index (χ0v) is 15.1. The third kappa shape index (κ3) is 3.11. The van der Waals surface area contributed by atoms with Gasteiger partial charge in [0.05, 0.1) is 11.7 Å². The lowest BCUT2D eigenvalue weighted by atomic mass is 9.95. The Bertz CT molecular complexity index is 852. The molecule has 3 rings (SSSR count). The third-order valence-corrected chi connectivity index (χ3v) is 5.23. The molecule has 0 unspecified atom stereocenters. The molecule has 1 amide bonds. The van der Waals surface area contributed by atoms with Crippen molar-refractivity contribution in [3.05, 3.63) is 57.3 Å². The molecule has 1 aromatic heterocycles. The molecule has 0 saturated carbocycles. The van der Waals surface area contributed by atoms with Crippen molar-refractivity contribution in [3.8, 4) is 0 Å². The number of carbonyl (C=O) groups excluding carboxylic acids is 1. The Balaban J connectivity index is 1.88. The summed E-state index contributed by atoms with van der Waals surface area (Å²) in [7, 11) is 0. The smallest absolute Gasteiger partial charge is 0.264 e. The van der Waals surface area contributed by atoms with E-state index in [1.54, 1.807) is 18.7 Å². The highest BCUT2D eigenvalue weighted by molar-refractivity contribution is 7.99. The first kappa shape index (κ1) is 16.8. The molecule has 1 aliphatic heterocycles. The van der Waals surface area contributed by atoms with Gasteiger partial charge in [0.25, 0.3) is 11.5 Å². The second-order valence-corrected chi connectivity index (χ2v) is 8.06. The number of rotatable bonds is 2. The van der Waals surface area contributed by atoms with E-state index >= 15 is 0 Å². The molecule has 2 heterocycles. The van der Waals surface area contributed by atoms with Crippen LogP contribution in [0.1, 0.15) is 54.3 Å². The van der Waals surface area contributed by atoms with Crippen LogP contribution in [0.3, 0.4) is 0 Å². The van der Waals surface area contributed by atoms with Gasteiger partial charge in [-0.15, -0.1) is 11.8 Å². The third-order valence-electron chi connectivity index (χ3n) is 4.04.